The highest BCUT2D eigenvalue weighted by molar-refractivity contribution is 6.00. The molecule has 1 aromatic heterocycles. The standard InChI is InChI=1S/C22H30N2O3/c1-14(2)26-17-12-16(5)13-18(27-15(3)4)20(17)21(25)24-22(6,7)19-10-8-9-11-23-19/h8-15H,1-7H3,(H,24,25). The molecular weight excluding hydrogens is 340 g/mol. The Bertz CT molecular complexity index is 752. The summed E-state index contributed by atoms with van der Waals surface area (Å²) in [4.78, 5) is 17.6. The second-order valence-electron chi connectivity index (χ2n) is 7.76. The molecule has 0 bridgehead atoms. The lowest BCUT2D eigenvalue weighted by Gasteiger charge is -2.27. The second-order valence-corrected chi connectivity index (χ2v) is 7.76. The molecule has 0 aliphatic carbocycles. The number of pyridine rings is 1. The van der Waals surface area contributed by atoms with Crippen LogP contribution in [0.1, 0.15) is 63.2 Å². The zero-order valence-electron chi connectivity index (χ0n) is 17.3. The van der Waals surface area contributed by atoms with Crippen LogP contribution >= 0.6 is 0 Å². The summed E-state index contributed by atoms with van der Waals surface area (Å²) in [5, 5.41) is 3.07. The number of amides is 1. The average Bonchev–Trinajstić information content (AvgIpc) is 2.53. The Morgan fingerprint density at radius 3 is 2.04 bits per heavy atom. The number of benzene rings is 1. The molecule has 146 valence electrons. The van der Waals surface area contributed by atoms with E-state index in [0.29, 0.717) is 17.1 Å². The molecule has 0 saturated carbocycles. The number of rotatable bonds is 7. The first kappa shape index (κ1) is 20.7. The van der Waals surface area contributed by atoms with Crippen LogP contribution in [0.2, 0.25) is 0 Å². The van der Waals surface area contributed by atoms with Crippen LogP contribution in [0.5, 0.6) is 11.5 Å². The van der Waals surface area contributed by atoms with Crippen LogP contribution in [0.25, 0.3) is 0 Å². The average molecular weight is 370 g/mol. The van der Waals surface area contributed by atoms with Crippen molar-refractivity contribution in [2.24, 2.45) is 0 Å². The van der Waals surface area contributed by atoms with Crippen LogP contribution in [-0.2, 0) is 5.54 Å². The summed E-state index contributed by atoms with van der Waals surface area (Å²) in [6.45, 7) is 13.5. The summed E-state index contributed by atoms with van der Waals surface area (Å²) in [6, 6.07) is 9.39. The molecule has 2 rings (SSSR count). The van der Waals surface area contributed by atoms with Gasteiger partial charge in [0.15, 0.2) is 0 Å². The van der Waals surface area contributed by atoms with E-state index in [1.165, 1.54) is 0 Å². The number of carbonyl (C=O) groups excluding carboxylic acids is 1. The molecular formula is C22H30N2O3. The van der Waals surface area contributed by atoms with Crippen molar-refractivity contribution >= 4 is 5.91 Å². The van der Waals surface area contributed by atoms with Gasteiger partial charge in [-0.1, -0.05) is 6.07 Å². The summed E-state index contributed by atoms with van der Waals surface area (Å²) < 4.78 is 11.9. The highest BCUT2D eigenvalue weighted by Gasteiger charge is 2.29. The molecule has 1 aromatic carbocycles. The minimum Gasteiger partial charge on any atom is -0.490 e. The smallest absolute Gasteiger partial charge is 0.259 e. The van der Waals surface area contributed by atoms with Gasteiger partial charge in [-0.3, -0.25) is 9.78 Å². The fourth-order valence-electron chi connectivity index (χ4n) is 2.78. The van der Waals surface area contributed by atoms with Gasteiger partial charge in [0.05, 0.1) is 23.4 Å². The molecule has 1 heterocycles. The minimum atomic E-state index is -0.645. The molecule has 0 atom stereocenters. The monoisotopic (exact) mass is 370 g/mol. The third kappa shape index (κ3) is 5.46. The molecule has 0 saturated heterocycles. The van der Waals surface area contributed by atoms with Crippen molar-refractivity contribution in [1.29, 1.82) is 0 Å². The Balaban J connectivity index is 2.46. The van der Waals surface area contributed by atoms with Crippen LogP contribution in [0.4, 0.5) is 0 Å². The van der Waals surface area contributed by atoms with Crippen molar-refractivity contribution in [3.05, 3.63) is 53.3 Å². The normalized spacial score (nSPS) is 11.6. The highest BCUT2D eigenvalue weighted by Crippen LogP contribution is 2.33. The number of aromatic nitrogens is 1. The first-order valence-electron chi connectivity index (χ1n) is 9.32. The first-order chi connectivity index (χ1) is 12.6. The number of hydrogen-bond acceptors (Lipinski definition) is 4. The van der Waals surface area contributed by atoms with Crippen molar-refractivity contribution in [2.45, 2.75) is 66.2 Å². The summed E-state index contributed by atoms with van der Waals surface area (Å²) in [5.74, 6) is 0.793. The first-order valence-corrected chi connectivity index (χ1v) is 9.32. The van der Waals surface area contributed by atoms with Gasteiger partial charge in [-0.25, -0.2) is 0 Å². The summed E-state index contributed by atoms with van der Waals surface area (Å²) in [6.07, 6.45) is 1.60. The van der Waals surface area contributed by atoms with E-state index >= 15 is 0 Å². The minimum absolute atomic E-state index is 0.0611. The van der Waals surface area contributed by atoms with Gasteiger partial charge in [-0.15, -0.1) is 0 Å². The molecule has 0 aliphatic heterocycles. The number of carbonyl (C=O) groups is 1. The molecule has 1 amide bonds. The Labute approximate surface area is 162 Å². The molecule has 1 N–H and O–H groups in total. The van der Waals surface area contributed by atoms with E-state index in [-0.39, 0.29) is 18.1 Å². The van der Waals surface area contributed by atoms with E-state index in [1.807, 2.05) is 78.8 Å². The van der Waals surface area contributed by atoms with Gasteiger partial charge in [-0.2, -0.15) is 0 Å². The predicted molar refractivity (Wildman–Crippen MR) is 107 cm³/mol. The Morgan fingerprint density at radius 1 is 1.04 bits per heavy atom. The lowest BCUT2D eigenvalue weighted by molar-refractivity contribution is 0.0898. The van der Waals surface area contributed by atoms with E-state index in [4.69, 9.17) is 9.47 Å². The van der Waals surface area contributed by atoms with Crippen molar-refractivity contribution < 1.29 is 14.3 Å². The quantitative estimate of drug-likeness (QED) is 0.772. The highest BCUT2D eigenvalue weighted by atomic mass is 16.5. The number of nitrogens with zero attached hydrogens (tertiary/aromatic N) is 1. The molecule has 0 spiro atoms. The third-order valence-electron chi connectivity index (χ3n) is 3.89. The molecule has 0 aliphatic rings. The van der Waals surface area contributed by atoms with Crippen molar-refractivity contribution in [1.82, 2.24) is 10.3 Å². The SMILES string of the molecule is Cc1cc(OC(C)C)c(C(=O)NC(C)(C)c2ccccn2)c(OC(C)C)c1. The van der Waals surface area contributed by atoms with Crippen molar-refractivity contribution in [2.75, 3.05) is 0 Å². The van der Waals surface area contributed by atoms with Crippen molar-refractivity contribution in [3.8, 4) is 11.5 Å². The zero-order chi connectivity index (χ0) is 20.2. The van der Waals surface area contributed by atoms with E-state index < -0.39 is 5.54 Å². The van der Waals surface area contributed by atoms with E-state index in [9.17, 15) is 4.79 Å². The largest absolute Gasteiger partial charge is 0.490 e. The Morgan fingerprint density at radius 2 is 1.59 bits per heavy atom. The van der Waals surface area contributed by atoms with Gasteiger partial charge in [0.2, 0.25) is 0 Å². The van der Waals surface area contributed by atoms with Gasteiger partial charge in [0, 0.05) is 6.20 Å². The fraction of sp³-hybridized carbons (Fsp3) is 0.455. The summed E-state index contributed by atoms with van der Waals surface area (Å²) in [7, 11) is 0. The van der Waals surface area contributed by atoms with Gasteiger partial charge < -0.3 is 14.8 Å². The molecule has 5 heteroatoms. The molecule has 0 fully saturated rings. The Hall–Kier alpha value is -2.56. The van der Waals surface area contributed by atoms with Crippen LogP contribution < -0.4 is 14.8 Å². The van der Waals surface area contributed by atoms with Crippen LogP contribution in [0, 0.1) is 6.92 Å². The maximum atomic E-state index is 13.3. The van der Waals surface area contributed by atoms with Gasteiger partial charge >= 0.3 is 0 Å². The predicted octanol–water partition coefficient (Wildman–Crippen LogP) is 4.63. The van der Waals surface area contributed by atoms with Gasteiger partial charge in [-0.05, 0) is 78.3 Å². The van der Waals surface area contributed by atoms with Gasteiger partial charge in [0.1, 0.15) is 17.1 Å². The number of nitrogens with one attached hydrogen (secondary N) is 1. The lowest BCUT2D eigenvalue weighted by atomic mass is 9.98. The summed E-state index contributed by atoms with van der Waals surface area (Å²) in [5.41, 5.74) is 1.52. The number of ether oxygens (including phenoxy) is 2. The maximum absolute atomic E-state index is 13.3. The topological polar surface area (TPSA) is 60.5 Å². The second kappa shape index (κ2) is 8.42. The number of hydrogen-bond donors (Lipinski definition) is 1. The molecule has 5 nitrogen and oxygen atoms in total. The van der Waals surface area contributed by atoms with Crippen LogP contribution in [-0.4, -0.2) is 23.1 Å². The van der Waals surface area contributed by atoms with E-state index in [0.717, 1.165) is 11.3 Å². The molecule has 0 unspecified atom stereocenters. The van der Waals surface area contributed by atoms with Gasteiger partial charge in [0.25, 0.3) is 5.91 Å². The van der Waals surface area contributed by atoms with Crippen LogP contribution in [0.3, 0.4) is 0 Å². The molecule has 0 radical (unpaired) electrons. The lowest BCUT2D eigenvalue weighted by Crippen LogP contribution is -2.42. The van der Waals surface area contributed by atoms with Crippen LogP contribution in [0.15, 0.2) is 36.5 Å². The molecule has 2 aromatic rings. The van der Waals surface area contributed by atoms with E-state index in [1.54, 1.807) is 6.20 Å². The zero-order valence-corrected chi connectivity index (χ0v) is 17.3. The van der Waals surface area contributed by atoms with Crippen molar-refractivity contribution in [3.63, 3.8) is 0 Å². The summed E-state index contributed by atoms with van der Waals surface area (Å²) >= 11 is 0. The number of aryl methyl sites for hydroxylation is 1. The third-order valence-corrected chi connectivity index (χ3v) is 3.89. The maximum Gasteiger partial charge on any atom is 0.259 e. The fourth-order valence-corrected chi connectivity index (χ4v) is 2.78. The Kier molecular flexibility index (Phi) is 6.47. The van der Waals surface area contributed by atoms with E-state index in [2.05, 4.69) is 10.3 Å². The molecule has 27 heavy (non-hydrogen) atoms.